The maximum atomic E-state index is 13.9. The van der Waals surface area contributed by atoms with Gasteiger partial charge < -0.3 is 15.4 Å². The Morgan fingerprint density at radius 2 is 1.95 bits per heavy atom. The van der Waals surface area contributed by atoms with E-state index in [9.17, 15) is 4.39 Å². The van der Waals surface area contributed by atoms with Crippen molar-refractivity contribution in [3.63, 3.8) is 0 Å². The number of benzene rings is 2. The zero-order valence-electron chi connectivity index (χ0n) is 11.7. The maximum Gasteiger partial charge on any atom is 0.146 e. The molecule has 3 nitrogen and oxygen atoms in total. The van der Waals surface area contributed by atoms with Gasteiger partial charge in [0.1, 0.15) is 11.6 Å². The highest BCUT2D eigenvalue weighted by Gasteiger charge is 2.18. The fourth-order valence-corrected chi connectivity index (χ4v) is 2.27. The van der Waals surface area contributed by atoms with Gasteiger partial charge in [0.25, 0.3) is 0 Å². The molecule has 1 atom stereocenters. The van der Waals surface area contributed by atoms with Gasteiger partial charge in [-0.1, -0.05) is 24.3 Å². The molecule has 2 N–H and O–H groups in total. The Labute approximate surface area is 118 Å². The standard InChI is InChI=1S/C16H19FN2O/c1-19(15-9-4-3-8-14(15)17)16(11-18)12-6-5-7-13(10-12)20-2/h3-10,16H,11,18H2,1-2H3. The number of para-hydroxylation sites is 1. The summed E-state index contributed by atoms with van der Waals surface area (Å²) in [6.07, 6.45) is 0. The molecule has 0 aliphatic carbocycles. The van der Waals surface area contributed by atoms with Gasteiger partial charge in [0.2, 0.25) is 0 Å². The van der Waals surface area contributed by atoms with E-state index in [-0.39, 0.29) is 11.9 Å². The molecule has 4 heteroatoms. The first kappa shape index (κ1) is 14.3. The van der Waals surface area contributed by atoms with Gasteiger partial charge in [-0.2, -0.15) is 0 Å². The average Bonchev–Trinajstić information content (AvgIpc) is 2.48. The summed E-state index contributed by atoms with van der Waals surface area (Å²) in [7, 11) is 3.46. The third-order valence-electron chi connectivity index (χ3n) is 3.40. The summed E-state index contributed by atoms with van der Waals surface area (Å²) >= 11 is 0. The lowest BCUT2D eigenvalue weighted by molar-refractivity contribution is 0.413. The summed E-state index contributed by atoms with van der Waals surface area (Å²) in [5.41, 5.74) is 7.41. The summed E-state index contributed by atoms with van der Waals surface area (Å²) in [4.78, 5) is 1.85. The molecule has 0 spiro atoms. The van der Waals surface area contributed by atoms with E-state index in [1.807, 2.05) is 42.3 Å². The van der Waals surface area contributed by atoms with Crippen molar-refractivity contribution in [3.05, 3.63) is 59.9 Å². The van der Waals surface area contributed by atoms with Crippen LogP contribution in [0.3, 0.4) is 0 Å². The van der Waals surface area contributed by atoms with Gasteiger partial charge in [0.15, 0.2) is 0 Å². The summed E-state index contributed by atoms with van der Waals surface area (Å²) in [6.45, 7) is 0.387. The Kier molecular flexibility index (Phi) is 4.58. The minimum atomic E-state index is -0.253. The van der Waals surface area contributed by atoms with E-state index in [0.717, 1.165) is 11.3 Å². The SMILES string of the molecule is COc1cccc(C(CN)N(C)c2ccccc2F)c1. The van der Waals surface area contributed by atoms with Crippen LogP contribution in [0, 0.1) is 5.82 Å². The van der Waals surface area contributed by atoms with E-state index in [4.69, 9.17) is 10.5 Å². The number of nitrogens with two attached hydrogens (primary N) is 1. The largest absolute Gasteiger partial charge is 0.497 e. The summed E-state index contributed by atoms with van der Waals surface area (Å²) in [5.74, 6) is 0.513. The van der Waals surface area contributed by atoms with Crippen molar-refractivity contribution in [2.75, 3.05) is 25.6 Å². The second-order valence-corrected chi connectivity index (χ2v) is 4.59. The molecular formula is C16H19FN2O. The van der Waals surface area contributed by atoms with Crippen LogP contribution in [-0.4, -0.2) is 20.7 Å². The Balaban J connectivity index is 2.34. The zero-order valence-corrected chi connectivity index (χ0v) is 11.7. The lowest BCUT2D eigenvalue weighted by Gasteiger charge is -2.30. The third kappa shape index (κ3) is 2.91. The predicted molar refractivity (Wildman–Crippen MR) is 79.6 cm³/mol. The molecule has 0 saturated heterocycles. The molecule has 2 rings (SSSR count). The fraction of sp³-hybridized carbons (Fsp3) is 0.250. The molecule has 0 radical (unpaired) electrons. The topological polar surface area (TPSA) is 38.5 Å². The van der Waals surface area contributed by atoms with E-state index < -0.39 is 0 Å². The summed E-state index contributed by atoms with van der Waals surface area (Å²) in [5, 5.41) is 0. The molecule has 2 aromatic carbocycles. The fourth-order valence-electron chi connectivity index (χ4n) is 2.27. The number of rotatable bonds is 5. The molecule has 106 valence electrons. The molecule has 2 aromatic rings. The molecule has 0 aliphatic rings. The van der Waals surface area contributed by atoms with Crippen molar-refractivity contribution in [3.8, 4) is 5.75 Å². The first-order valence-corrected chi connectivity index (χ1v) is 6.48. The number of likely N-dealkylation sites (N-methyl/N-ethyl adjacent to an activating group) is 1. The van der Waals surface area contributed by atoms with Crippen LogP contribution in [0.5, 0.6) is 5.75 Å². The van der Waals surface area contributed by atoms with Gasteiger partial charge in [0, 0.05) is 13.6 Å². The van der Waals surface area contributed by atoms with Crippen LogP contribution in [0.1, 0.15) is 11.6 Å². The Morgan fingerprint density at radius 3 is 2.60 bits per heavy atom. The highest BCUT2D eigenvalue weighted by atomic mass is 19.1. The minimum absolute atomic E-state index is 0.109. The number of halogens is 1. The van der Waals surface area contributed by atoms with Crippen molar-refractivity contribution in [2.24, 2.45) is 5.73 Å². The number of ether oxygens (including phenoxy) is 1. The number of methoxy groups -OCH3 is 1. The van der Waals surface area contributed by atoms with E-state index in [1.165, 1.54) is 6.07 Å². The lowest BCUT2D eigenvalue weighted by Crippen LogP contribution is -2.31. The quantitative estimate of drug-likeness (QED) is 0.911. The summed E-state index contributed by atoms with van der Waals surface area (Å²) in [6, 6.07) is 14.3. The van der Waals surface area contributed by atoms with Crippen LogP contribution in [0.15, 0.2) is 48.5 Å². The van der Waals surface area contributed by atoms with Gasteiger partial charge in [-0.3, -0.25) is 0 Å². The van der Waals surface area contributed by atoms with Gasteiger partial charge in [-0.05, 0) is 29.8 Å². The van der Waals surface area contributed by atoms with E-state index >= 15 is 0 Å². The zero-order chi connectivity index (χ0) is 14.5. The van der Waals surface area contributed by atoms with Crippen molar-refractivity contribution in [1.82, 2.24) is 0 Å². The smallest absolute Gasteiger partial charge is 0.146 e. The maximum absolute atomic E-state index is 13.9. The molecule has 0 aromatic heterocycles. The highest BCUT2D eigenvalue weighted by Crippen LogP contribution is 2.28. The Morgan fingerprint density at radius 1 is 1.20 bits per heavy atom. The van der Waals surface area contributed by atoms with Crippen molar-refractivity contribution < 1.29 is 9.13 Å². The molecule has 0 fully saturated rings. The second kappa shape index (κ2) is 6.39. The molecule has 0 aliphatic heterocycles. The van der Waals surface area contributed by atoms with Crippen LogP contribution < -0.4 is 15.4 Å². The Bertz CT molecular complexity index is 574. The van der Waals surface area contributed by atoms with Crippen LogP contribution >= 0.6 is 0 Å². The summed E-state index contributed by atoms with van der Waals surface area (Å²) < 4.78 is 19.1. The normalized spacial score (nSPS) is 12.0. The van der Waals surface area contributed by atoms with Crippen LogP contribution in [0.4, 0.5) is 10.1 Å². The number of nitrogens with zero attached hydrogens (tertiary/aromatic N) is 1. The van der Waals surface area contributed by atoms with Gasteiger partial charge in [0.05, 0.1) is 18.8 Å². The Hall–Kier alpha value is -2.07. The molecular weight excluding hydrogens is 255 g/mol. The molecule has 1 unspecified atom stereocenters. The predicted octanol–water partition coefficient (Wildman–Crippen LogP) is 2.97. The van der Waals surface area contributed by atoms with E-state index in [0.29, 0.717) is 12.2 Å². The molecule has 0 amide bonds. The van der Waals surface area contributed by atoms with Crippen molar-refractivity contribution in [1.29, 1.82) is 0 Å². The third-order valence-corrected chi connectivity index (χ3v) is 3.40. The first-order chi connectivity index (χ1) is 9.67. The van der Waals surface area contributed by atoms with Gasteiger partial charge in [-0.15, -0.1) is 0 Å². The number of hydrogen-bond donors (Lipinski definition) is 1. The van der Waals surface area contributed by atoms with Crippen molar-refractivity contribution in [2.45, 2.75) is 6.04 Å². The average molecular weight is 274 g/mol. The van der Waals surface area contributed by atoms with Crippen LogP contribution in [-0.2, 0) is 0 Å². The molecule has 0 saturated carbocycles. The minimum Gasteiger partial charge on any atom is -0.497 e. The number of hydrogen-bond acceptors (Lipinski definition) is 3. The monoisotopic (exact) mass is 274 g/mol. The van der Waals surface area contributed by atoms with Crippen LogP contribution in [0.25, 0.3) is 0 Å². The molecule has 0 bridgehead atoms. The van der Waals surface area contributed by atoms with Crippen molar-refractivity contribution >= 4 is 5.69 Å². The lowest BCUT2D eigenvalue weighted by atomic mass is 10.0. The molecule has 0 heterocycles. The number of anilines is 1. The van der Waals surface area contributed by atoms with Crippen LogP contribution in [0.2, 0.25) is 0 Å². The second-order valence-electron chi connectivity index (χ2n) is 4.59. The van der Waals surface area contributed by atoms with Gasteiger partial charge >= 0.3 is 0 Å². The molecule has 20 heavy (non-hydrogen) atoms. The first-order valence-electron chi connectivity index (χ1n) is 6.48. The van der Waals surface area contributed by atoms with Gasteiger partial charge in [-0.25, -0.2) is 4.39 Å². The van der Waals surface area contributed by atoms with E-state index in [2.05, 4.69) is 0 Å². The van der Waals surface area contributed by atoms with E-state index in [1.54, 1.807) is 19.2 Å². The highest BCUT2D eigenvalue weighted by molar-refractivity contribution is 5.50.